The third kappa shape index (κ3) is 2.03. The average Bonchev–Trinajstić information content (AvgIpc) is 1.84. The van der Waals surface area contributed by atoms with E-state index in [1.54, 1.807) is 0 Å². The minimum Gasteiger partial charge on any atom is -0.350 e. The van der Waals surface area contributed by atoms with E-state index in [0.717, 1.165) is 0 Å². The lowest BCUT2D eigenvalue weighted by Gasteiger charge is -2.28. The highest BCUT2D eigenvalue weighted by Crippen LogP contribution is 2.44. The van der Waals surface area contributed by atoms with Gasteiger partial charge in [0.05, 0.1) is 6.07 Å². The molecule has 0 saturated carbocycles. The lowest BCUT2D eigenvalue weighted by Crippen LogP contribution is -2.55. The molecule has 0 aromatic carbocycles. The van der Waals surface area contributed by atoms with E-state index in [1.165, 1.54) is 0 Å². The SMILES string of the molecule is N#CCC(F)(F)C(O)(F)C(F)(F)F. The van der Waals surface area contributed by atoms with Crippen LogP contribution in [0, 0.1) is 11.3 Å². The Hall–Kier alpha value is -0.970. The monoisotopic (exact) mass is 207 g/mol. The zero-order valence-corrected chi connectivity index (χ0v) is 5.87. The Balaban J connectivity index is 4.94. The van der Waals surface area contributed by atoms with E-state index in [1.807, 2.05) is 0 Å². The maximum atomic E-state index is 12.1. The topological polar surface area (TPSA) is 44.0 Å². The molecule has 0 aromatic rings. The Bertz CT molecular complexity index is 226. The maximum absolute atomic E-state index is 12.1. The second-order valence-corrected chi connectivity index (χ2v) is 2.16. The Morgan fingerprint density at radius 1 is 1.08 bits per heavy atom. The van der Waals surface area contributed by atoms with Crippen molar-refractivity contribution in [3.63, 3.8) is 0 Å². The van der Waals surface area contributed by atoms with Gasteiger partial charge in [0.15, 0.2) is 0 Å². The molecule has 0 aliphatic rings. The summed E-state index contributed by atoms with van der Waals surface area (Å²) in [5.41, 5.74) is 0. The zero-order chi connectivity index (χ0) is 10.9. The third-order valence-electron chi connectivity index (χ3n) is 1.16. The van der Waals surface area contributed by atoms with E-state index in [-0.39, 0.29) is 0 Å². The Labute approximate surface area is 68.4 Å². The van der Waals surface area contributed by atoms with Crippen LogP contribution in [0.25, 0.3) is 0 Å². The first-order valence-corrected chi connectivity index (χ1v) is 2.79. The molecule has 0 aromatic heterocycles. The van der Waals surface area contributed by atoms with Crippen molar-refractivity contribution in [2.75, 3.05) is 0 Å². The van der Waals surface area contributed by atoms with Crippen molar-refractivity contribution >= 4 is 0 Å². The molecule has 76 valence electrons. The minimum absolute atomic E-state index is 0.636. The second-order valence-electron chi connectivity index (χ2n) is 2.16. The van der Waals surface area contributed by atoms with E-state index in [9.17, 15) is 26.3 Å². The van der Waals surface area contributed by atoms with Crippen LogP contribution >= 0.6 is 0 Å². The Morgan fingerprint density at radius 2 is 1.46 bits per heavy atom. The second kappa shape index (κ2) is 3.06. The highest BCUT2D eigenvalue weighted by atomic mass is 19.4. The number of nitrogens with zero attached hydrogens (tertiary/aromatic N) is 1. The molecule has 2 nitrogen and oxygen atoms in total. The van der Waals surface area contributed by atoms with Crippen molar-refractivity contribution in [3.8, 4) is 6.07 Å². The molecule has 8 heteroatoms. The summed E-state index contributed by atoms with van der Waals surface area (Å²) < 4.78 is 70.7. The number of alkyl halides is 6. The van der Waals surface area contributed by atoms with Gasteiger partial charge in [-0.1, -0.05) is 0 Å². The highest BCUT2D eigenvalue weighted by Gasteiger charge is 2.70. The summed E-state index contributed by atoms with van der Waals surface area (Å²) in [5, 5.41) is 15.5. The predicted molar refractivity (Wildman–Crippen MR) is 27.3 cm³/mol. The quantitative estimate of drug-likeness (QED) is 0.701. The summed E-state index contributed by atoms with van der Waals surface area (Å²) in [4.78, 5) is 0. The van der Waals surface area contributed by atoms with Gasteiger partial charge in [0.25, 0.3) is 0 Å². The molecular formula is C5H3F6NO. The first kappa shape index (κ1) is 12.0. The summed E-state index contributed by atoms with van der Waals surface area (Å²) in [6.45, 7) is 0. The smallest absolute Gasteiger partial charge is 0.350 e. The van der Waals surface area contributed by atoms with Crippen LogP contribution < -0.4 is 0 Å². The van der Waals surface area contributed by atoms with Gasteiger partial charge in [0, 0.05) is 0 Å². The summed E-state index contributed by atoms with van der Waals surface area (Å²) >= 11 is 0. The van der Waals surface area contributed by atoms with Gasteiger partial charge in [-0.05, 0) is 0 Å². The molecule has 0 bridgehead atoms. The molecule has 0 saturated heterocycles. The van der Waals surface area contributed by atoms with Crippen LogP contribution in [-0.2, 0) is 0 Å². The van der Waals surface area contributed by atoms with E-state index >= 15 is 0 Å². The van der Waals surface area contributed by atoms with Gasteiger partial charge in [-0.25, -0.2) is 0 Å². The molecule has 0 rings (SSSR count). The van der Waals surface area contributed by atoms with Crippen LogP contribution in [0.4, 0.5) is 26.3 Å². The Morgan fingerprint density at radius 3 is 1.69 bits per heavy atom. The number of hydrogen-bond donors (Lipinski definition) is 1. The molecule has 0 fully saturated rings. The summed E-state index contributed by atoms with van der Waals surface area (Å²) in [6.07, 6.45) is -8.19. The molecular weight excluding hydrogens is 204 g/mol. The highest BCUT2D eigenvalue weighted by molar-refractivity contribution is 4.95. The molecule has 0 radical (unpaired) electrons. The number of hydrogen-bond acceptors (Lipinski definition) is 2. The molecule has 1 N–H and O–H groups in total. The number of halogens is 6. The van der Waals surface area contributed by atoms with Gasteiger partial charge in [0.2, 0.25) is 0 Å². The van der Waals surface area contributed by atoms with Crippen molar-refractivity contribution in [1.29, 1.82) is 5.26 Å². The number of aliphatic hydroxyl groups is 1. The van der Waals surface area contributed by atoms with E-state index < -0.39 is 24.4 Å². The van der Waals surface area contributed by atoms with Gasteiger partial charge in [0.1, 0.15) is 6.42 Å². The van der Waals surface area contributed by atoms with E-state index in [0.29, 0.717) is 6.07 Å². The van der Waals surface area contributed by atoms with Crippen molar-refractivity contribution in [2.45, 2.75) is 24.4 Å². The summed E-state index contributed by atoms with van der Waals surface area (Å²) in [7, 11) is 0. The fourth-order valence-electron chi connectivity index (χ4n) is 0.424. The first-order chi connectivity index (χ1) is 5.56. The van der Waals surface area contributed by atoms with Crippen LogP contribution in [0.5, 0.6) is 0 Å². The minimum atomic E-state index is -6.13. The van der Waals surface area contributed by atoms with Crippen molar-refractivity contribution in [3.05, 3.63) is 0 Å². The zero-order valence-electron chi connectivity index (χ0n) is 5.87. The van der Waals surface area contributed by atoms with E-state index in [4.69, 9.17) is 10.4 Å². The number of nitriles is 1. The molecule has 0 spiro atoms. The van der Waals surface area contributed by atoms with Gasteiger partial charge < -0.3 is 5.11 Å². The predicted octanol–water partition coefficient (Wildman–Crippen LogP) is 1.76. The van der Waals surface area contributed by atoms with Crippen molar-refractivity contribution in [2.24, 2.45) is 0 Å². The number of rotatable bonds is 2. The summed E-state index contributed by atoms with van der Waals surface area (Å²) in [6, 6.07) is 0.636. The van der Waals surface area contributed by atoms with Crippen LogP contribution in [0.2, 0.25) is 0 Å². The molecule has 1 unspecified atom stereocenters. The van der Waals surface area contributed by atoms with Crippen molar-refractivity contribution in [1.82, 2.24) is 0 Å². The van der Waals surface area contributed by atoms with Crippen molar-refractivity contribution < 1.29 is 31.4 Å². The van der Waals surface area contributed by atoms with E-state index in [2.05, 4.69) is 0 Å². The normalized spacial score (nSPS) is 17.7. The molecule has 0 amide bonds. The molecule has 1 atom stereocenters. The molecule has 0 heterocycles. The van der Waals surface area contributed by atoms with Gasteiger partial charge in [-0.15, -0.1) is 0 Å². The largest absolute Gasteiger partial charge is 0.454 e. The van der Waals surface area contributed by atoms with Gasteiger partial charge >= 0.3 is 18.0 Å². The standard InChI is InChI=1S/C5H3F6NO/c6-3(7,1-2-12)4(8,13)5(9,10)11/h13H,1H2. The van der Waals surface area contributed by atoms with Gasteiger partial charge in [-0.2, -0.15) is 31.6 Å². The third-order valence-corrected chi connectivity index (χ3v) is 1.16. The van der Waals surface area contributed by atoms with Gasteiger partial charge in [-0.3, -0.25) is 0 Å². The first-order valence-electron chi connectivity index (χ1n) is 2.79. The van der Waals surface area contributed by atoms with Crippen LogP contribution in [-0.4, -0.2) is 23.1 Å². The fourth-order valence-corrected chi connectivity index (χ4v) is 0.424. The lowest BCUT2D eigenvalue weighted by atomic mass is 10.1. The lowest BCUT2D eigenvalue weighted by molar-refractivity contribution is -0.384. The summed E-state index contributed by atoms with van der Waals surface area (Å²) in [5.74, 6) is -10.8. The van der Waals surface area contributed by atoms with Crippen LogP contribution in [0.15, 0.2) is 0 Å². The average molecular weight is 207 g/mol. The maximum Gasteiger partial charge on any atom is 0.454 e. The molecule has 0 aliphatic carbocycles. The molecule has 13 heavy (non-hydrogen) atoms. The van der Waals surface area contributed by atoms with Crippen LogP contribution in [0.3, 0.4) is 0 Å². The Kier molecular flexibility index (Phi) is 2.84. The molecule has 0 aliphatic heterocycles. The fraction of sp³-hybridized carbons (Fsp3) is 0.800. The van der Waals surface area contributed by atoms with Crippen LogP contribution in [0.1, 0.15) is 6.42 Å².